The predicted molar refractivity (Wildman–Crippen MR) is 177 cm³/mol. The molecule has 2 bridgehead atoms. The second-order valence-corrected chi connectivity index (χ2v) is 16.9. The normalized spacial score (nSPS) is 32.6. The first kappa shape index (κ1) is 32.8. The van der Waals surface area contributed by atoms with E-state index in [4.69, 9.17) is 23.2 Å². The number of nitrogens with one attached hydrogen (secondary N) is 4. The molecule has 2 aromatic rings. The van der Waals surface area contributed by atoms with Crippen molar-refractivity contribution in [1.29, 1.82) is 0 Å². The molecular weight excluding hydrogens is 666 g/mol. The zero-order chi connectivity index (χ0) is 33.4. The Labute approximate surface area is 284 Å². The van der Waals surface area contributed by atoms with Gasteiger partial charge in [0.05, 0.1) is 17.3 Å². The summed E-state index contributed by atoms with van der Waals surface area (Å²) in [6.07, 6.45) is 8.56. The minimum absolute atomic E-state index is 0.0875. The summed E-state index contributed by atoms with van der Waals surface area (Å²) in [6, 6.07) is 9.03. The number of anilines is 1. The van der Waals surface area contributed by atoms with Gasteiger partial charge in [-0.3, -0.25) is 24.4 Å². The maximum Gasteiger partial charge on any atom is 0.238 e. The van der Waals surface area contributed by atoms with Gasteiger partial charge in [-0.1, -0.05) is 67.1 Å². The lowest BCUT2D eigenvalue weighted by molar-refractivity contribution is -0.130. The van der Waals surface area contributed by atoms with Crippen LogP contribution in [0.4, 0.5) is 10.1 Å². The molecule has 2 aromatic carbocycles. The molecule has 3 amide bonds. The molecule has 4 fully saturated rings. The number of benzene rings is 2. The van der Waals surface area contributed by atoms with Gasteiger partial charge in [0, 0.05) is 33.6 Å². The van der Waals surface area contributed by atoms with E-state index in [1.54, 1.807) is 24.3 Å². The highest BCUT2D eigenvalue weighted by Gasteiger charge is 2.72. The third-order valence-electron chi connectivity index (χ3n) is 11.7. The van der Waals surface area contributed by atoms with E-state index in [2.05, 4.69) is 20.7 Å². The van der Waals surface area contributed by atoms with Crippen LogP contribution < -0.4 is 20.7 Å². The lowest BCUT2D eigenvalue weighted by Crippen LogP contribution is -2.61. The molecule has 3 unspecified atom stereocenters. The number of sulfonamides is 1. The maximum atomic E-state index is 16.2. The van der Waals surface area contributed by atoms with Gasteiger partial charge in [0.15, 0.2) is 0 Å². The molecule has 47 heavy (non-hydrogen) atoms. The van der Waals surface area contributed by atoms with Crippen LogP contribution in [0.5, 0.6) is 0 Å². The predicted octanol–water partition coefficient (Wildman–Crippen LogP) is 5.31. The van der Waals surface area contributed by atoms with Crippen LogP contribution in [0.25, 0.3) is 0 Å². The zero-order valence-electron chi connectivity index (χ0n) is 26.1. The molecule has 1 saturated heterocycles. The van der Waals surface area contributed by atoms with Crippen LogP contribution in [-0.4, -0.2) is 49.5 Å². The monoisotopic (exact) mass is 704 g/mol. The average Bonchev–Trinajstić information content (AvgIpc) is 3.45. The first-order valence-corrected chi connectivity index (χ1v) is 19.1. The molecule has 4 N–H and O–H groups in total. The maximum absolute atomic E-state index is 16.2. The van der Waals surface area contributed by atoms with Crippen molar-refractivity contribution < 1.29 is 27.2 Å². The summed E-state index contributed by atoms with van der Waals surface area (Å²) in [5.74, 6) is -3.27. The van der Waals surface area contributed by atoms with Gasteiger partial charge in [-0.15, -0.1) is 0 Å². The summed E-state index contributed by atoms with van der Waals surface area (Å²) >= 11 is 12.7. The summed E-state index contributed by atoms with van der Waals surface area (Å²) in [5.41, 5.74) is -1.33. The Morgan fingerprint density at radius 1 is 0.979 bits per heavy atom. The van der Waals surface area contributed by atoms with E-state index in [0.29, 0.717) is 54.8 Å². The molecule has 7 rings (SSSR count). The molecular formula is C34H39Cl2FN4O5S. The highest BCUT2D eigenvalue weighted by atomic mass is 35.5. The lowest BCUT2D eigenvalue weighted by atomic mass is 9.55. The fourth-order valence-corrected chi connectivity index (χ4v) is 10.9. The molecule has 5 aliphatic rings. The Bertz CT molecular complexity index is 1770. The number of carbonyl (C=O) groups excluding carboxylic acids is 3. The Morgan fingerprint density at radius 3 is 2.49 bits per heavy atom. The van der Waals surface area contributed by atoms with Crippen LogP contribution in [0, 0.1) is 17.7 Å². The highest BCUT2D eigenvalue weighted by Crippen LogP contribution is 2.63. The van der Waals surface area contributed by atoms with Crippen molar-refractivity contribution in [2.24, 2.45) is 11.8 Å². The summed E-state index contributed by atoms with van der Waals surface area (Å²) < 4.78 is 41.9. The number of rotatable bonds is 5. The molecule has 3 saturated carbocycles. The quantitative estimate of drug-likeness (QED) is 0.334. The second-order valence-electron chi connectivity index (χ2n) is 14.3. The number of hydrogen-bond donors (Lipinski definition) is 4. The van der Waals surface area contributed by atoms with E-state index < -0.39 is 56.1 Å². The smallest absolute Gasteiger partial charge is 0.238 e. The summed E-state index contributed by atoms with van der Waals surface area (Å²) in [6.45, 7) is 0. The van der Waals surface area contributed by atoms with Crippen molar-refractivity contribution >= 4 is 56.6 Å². The zero-order valence-corrected chi connectivity index (χ0v) is 28.5. The van der Waals surface area contributed by atoms with E-state index >= 15 is 4.39 Å². The van der Waals surface area contributed by atoms with Crippen molar-refractivity contribution in [2.45, 2.75) is 99.1 Å². The van der Waals surface area contributed by atoms with Crippen molar-refractivity contribution in [1.82, 2.24) is 15.4 Å². The first-order valence-electron chi connectivity index (χ1n) is 16.5. The lowest BCUT2D eigenvalue weighted by Gasteiger charge is -2.49. The average molecular weight is 706 g/mol. The van der Waals surface area contributed by atoms with Gasteiger partial charge < -0.3 is 10.6 Å². The topological polar surface area (TPSA) is 133 Å². The Balaban J connectivity index is 1.30. The number of halogens is 3. The van der Waals surface area contributed by atoms with Gasteiger partial charge in [-0.05, 0) is 80.2 Å². The highest BCUT2D eigenvalue weighted by molar-refractivity contribution is 7.89. The number of fused-ring (bicyclic) bond motifs is 5. The van der Waals surface area contributed by atoms with Crippen molar-refractivity contribution in [2.75, 3.05) is 11.6 Å². The Kier molecular flexibility index (Phi) is 8.17. The minimum atomic E-state index is -3.69. The van der Waals surface area contributed by atoms with Gasteiger partial charge in [0.1, 0.15) is 11.2 Å². The van der Waals surface area contributed by atoms with Gasteiger partial charge in [0.25, 0.3) is 0 Å². The van der Waals surface area contributed by atoms with E-state index in [0.717, 1.165) is 38.4 Å². The molecule has 0 aromatic heterocycles. The molecule has 252 valence electrons. The van der Waals surface area contributed by atoms with Crippen LogP contribution in [0.15, 0.2) is 36.4 Å². The van der Waals surface area contributed by atoms with Crippen molar-refractivity contribution in [3.8, 4) is 0 Å². The molecule has 3 aliphatic carbocycles. The van der Waals surface area contributed by atoms with Crippen LogP contribution in [0.2, 0.25) is 10.0 Å². The molecule has 2 spiro atoms. The number of carbonyl (C=O) groups is 3. The Morgan fingerprint density at radius 2 is 1.74 bits per heavy atom. The molecule has 6 atom stereocenters. The van der Waals surface area contributed by atoms with Crippen molar-refractivity contribution in [3.05, 3.63) is 63.4 Å². The van der Waals surface area contributed by atoms with Gasteiger partial charge in [-0.2, -0.15) is 0 Å². The minimum Gasteiger partial charge on any atom is -0.349 e. The van der Waals surface area contributed by atoms with Crippen molar-refractivity contribution in [3.63, 3.8) is 0 Å². The fraction of sp³-hybridized carbons (Fsp3) is 0.559. The summed E-state index contributed by atoms with van der Waals surface area (Å²) in [7, 11) is -3.69. The van der Waals surface area contributed by atoms with E-state index in [9.17, 15) is 22.8 Å². The molecule has 13 heteroatoms. The second kappa shape index (κ2) is 11.7. The standard InChI is InChI=1S/C34H39Cl2FN4O5S/c1-47(45,46)41-29(42)21-12-16-32(13-6-7-19(21)18-32)40-30(43)28-26(22-8-5-9-24(36)27(22)37)34(33(39-28)14-3-2-4-15-33)23-11-10-20(35)17-25(23)38-31(34)44/h5,8-11,17,19,21,26,28,39H,2-4,6-7,12-16,18H2,1H3,(H,38,44)(H,40,43)(H,41,42)/t19?,21?,26-,28+,32?,34+/m0/s1. The summed E-state index contributed by atoms with van der Waals surface area (Å²) in [4.78, 5) is 42.3. The van der Waals surface area contributed by atoms with Crippen LogP contribution in [0.1, 0.15) is 87.7 Å². The molecule has 9 nitrogen and oxygen atoms in total. The SMILES string of the molecule is CS(=O)(=O)NC(=O)C1CCC2(NC(=O)[C@@H]3NC4(CCCCC4)[C@@]4(C(=O)Nc5cc(Cl)ccc54)[C@H]3c3cccc(Cl)c3F)CCCC1C2. The fourth-order valence-electron chi connectivity index (χ4n) is 9.98. The third-order valence-corrected chi connectivity index (χ3v) is 12.8. The first-order chi connectivity index (χ1) is 22.3. The Hall–Kier alpha value is -2.73. The van der Waals surface area contributed by atoms with Gasteiger partial charge in [0.2, 0.25) is 27.7 Å². The van der Waals surface area contributed by atoms with Gasteiger partial charge in [-0.25, -0.2) is 12.8 Å². The van der Waals surface area contributed by atoms with Gasteiger partial charge >= 0.3 is 0 Å². The summed E-state index contributed by atoms with van der Waals surface area (Å²) in [5, 5.41) is 10.5. The van der Waals surface area contributed by atoms with E-state index in [1.807, 2.05) is 6.07 Å². The third kappa shape index (κ3) is 5.27. The largest absolute Gasteiger partial charge is 0.349 e. The number of hydrogen-bond acceptors (Lipinski definition) is 6. The molecule has 2 aliphatic heterocycles. The van der Waals surface area contributed by atoms with Crippen LogP contribution >= 0.6 is 23.2 Å². The molecule has 0 radical (unpaired) electrons. The number of amides is 3. The van der Waals surface area contributed by atoms with Crippen LogP contribution in [0.3, 0.4) is 0 Å². The molecule has 2 heterocycles. The van der Waals surface area contributed by atoms with E-state index in [1.165, 1.54) is 6.07 Å². The van der Waals surface area contributed by atoms with Crippen LogP contribution in [-0.2, 0) is 29.8 Å². The van der Waals surface area contributed by atoms with E-state index in [-0.39, 0.29) is 28.3 Å².